The molecule has 4 aromatic heterocycles. The second-order valence-electron chi connectivity index (χ2n) is 8.85. The van der Waals surface area contributed by atoms with Gasteiger partial charge in [-0.15, -0.1) is 0 Å². The van der Waals surface area contributed by atoms with Gasteiger partial charge in [0.05, 0.1) is 30.8 Å². The van der Waals surface area contributed by atoms with Crippen LogP contribution >= 0.6 is 0 Å². The van der Waals surface area contributed by atoms with Crippen LogP contribution in [0.2, 0.25) is 0 Å². The molecule has 2 aliphatic heterocycles. The summed E-state index contributed by atoms with van der Waals surface area (Å²) in [5.74, 6) is 0.235. The predicted molar refractivity (Wildman–Crippen MR) is 117 cm³/mol. The van der Waals surface area contributed by atoms with Crippen molar-refractivity contribution in [1.82, 2.24) is 28.8 Å². The van der Waals surface area contributed by atoms with Crippen molar-refractivity contribution in [2.45, 2.75) is 13.5 Å². The number of amides is 1. The monoisotopic (exact) mass is 429 g/mol. The Morgan fingerprint density at radius 1 is 1.16 bits per heavy atom. The summed E-state index contributed by atoms with van der Waals surface area (Å²) < 4.78 is 9.11. The zero-order valence-corrected chi connectivity index (χ0v) is 17.7. The fraction of sp³-hybridized carbons (Fsp3) is 0.304. The molecule has 1 amide bonds. The highest BCUT2D eigenvalue weighted by molar-refractivity contribution is 5.91. The van der Waals surface area contributed by atoms with Crippen LogP contribution in [0.25, 0.3) is 22.9 Å². The molecule has 9 nitrogen and oxygen atoms in total. The number of primary amides is 1. The first-order valence-corrected chi connectivity index (χ1v) is 10.6. The van der Waals surface area contributed by atoms with E-state index >= 15 is 0 Å². The number of fused-ring (bicyclic) bond motifs is 1. The van der Waals surface area contributed by atoms with E-state index in [1.54, 1.807) is 4.40 Å². The number of pyridine rings is 2. The molecule has 32 heavy (non-hydrogen) atoms. The van der Waals surface area contributed by atoms with Crippen LogP contribution in [0.3, 0.4) is 0 Å². The first kappa shape index (κ1) is 19.1. The van der Waals surface area contributed by atoms with Crippen molar-refractivity contribution >= 4 is 11.6 Å². The molecule has 0 aliphatic carbocycles. The molecule has 6 rings (SSSR count). The third kappa shape index (κ3) is 3.09. The number of nitrogens with zero attached hydrogens (tertiary/aromatic N) is 6. The molecule has 0 aromatic carbocycles. The molecule has 2 N–H and O–H groups in total. The van der Waals surface area contributed by atoms with Crippen molar-refractivity contribution in [3.63, 3.8) is 0 Å². The Morgan fingerprint density at radius 2 is 2.00 bits per heavy atom. The molecule has 2 saturated heterocycles. The molecular formula is C23H23N7O2. The predicted octanol–water partition coefficient (Wildman–Crippen LogP) is 1.82. The van der Waals surface area contributed by atoms with E-state index in [9.17, 15) is 4.79 Å². The molecule has 1 spiro atoms. The highest BCUT2D eigenvalue weighted by atomic mass is 16.5. The molecule has 4 aromatic rings. The Kier molecular flexibility index (Phi) is 4.17. The maximum atomic E-state index is 11.8. The molecule has 0 radical (unpaired) electrons. The average molecular weight is 429 g/mol. The van der Waals surface area contributed by atoms with Gasteiger partial charge in [-0.05, 0) is 31.2 Å². The largest absolute Gasteiger partial charge is 0.380 e. The van der Waals surface area contributed by atoms with Crippen molar-refractivity contribution in [2.75, 3.05) is 26.3 Å². The lowest BCUT2D eigenvalue weighted by Crippen LogP contribution is -2.65. The number of imidazole rings is 2. The van der Waals surface area contributed by atoms with Crippen molar-refractivity contribution in [3.8, 4) is 17.2 Å². The third-order valence-electron chi connectivity index (χ3n) is 6.21. The highest BCUT2D eigenvalue weighted by Gasteiger charge is 2.48. The number of rotatable bonds is 5. The molecule has 0 unspecified atom stereocenters. The third-order valence-corrected chi connectivity index (χ3v) is 6.21. The lowest BCUT2D eigenvalue weighted by atomic mass is 9.78. The topological polar surface area (TPSA) is 104 Å². The summed E-state index contributed by atoms with van der Waals surface area (Å²) in [6.07, 6.45) is 5.40. The minimum absolute atomic E-state index is 0.339. The Morgan fingerprint density at radius 3 is 2.72 bits per heavy atom. The van der Waals surface area contributed by atoms with Crippen LogP contribution in [-0.4, -0.2) is 61.0 Å². The van der Waals surface area contributed by atoms with Crippen LogP contribution in [0.4, 0.5) is 0 Å². The van der Waals surface area contributed by atoms with E-state index in [4.69, 9.17) is 20.4 Å². The molecule has 0 bridgehead atoms. The number of ether oxygens (including phenoxy) is 1. The number of nitrogens with two attached hydrogens (primary N) is 1. The standard InChI is InChI=1S/C23H23N7O2/c1-15-3-2-4-18(26-15)22-27-16(8-28-11-23(12-28)13-32-14-23)9-29(22)17-5-6-20-25-7-19(21(24)31)30(20)10-17/h2-7,9-10H,8,11-14H2,1H3,(H2,24,31). The fourth-order valence-electron chi connectivity index (χ4n) is 4.66. The molecule has 9 heteroatoms. The second kappa shape index (κ2) is 6.98. The van der Waals surface area contributed by atoms with E-state index < -0.39 is 5.91 Å². The van der Waals surface area contributed by atoms with Crippen molar-refractivity contribution in [3.05, 3.63) is 66.0 Å². The number of carbonyl (C=O) groups excluding carboxylic acids is 1. The van der Waals surface area contributed by atoms with E-state index in [1.165, 1.54) is 6.20 Å². The van der Waals surface area contributed by atoms with Gasteiger partial charge in [0.25, 0.3) is 5.91 Å². The quantitative estimate of drug-likeness (QED) is 0.519. The van der Waals surface area contributed by atoms with Crippen molar-refractivity contribution in [2.24, 2.45) is 11.1 Å². The average Bonchev–Trinajstić information content (AvgIpc) is 3.32. The van der Waals surface area contributed by atoms with E-state index in [1.807, 2.05) is 54.2 Å². The first-order valence-electron chi connectivity index (χ1n) is 10.6. The van der Waals surface area contributed by atoms with Crippen LogP contribution in [0.5, 0.6) is 0 Å². The van der Waals surface area contributed by atoms with Gasteiger partial charge < -0.3 is 10.5 Å². The number of hydrogen-bond donors (Lipinski definition) is 1. The number of aryl methyl sites for hydroxylation is 1. The van der Waals surface area contributed by atoms with Crippen LogP contribution < -0.4 is 5.73 Å². The van der Waals surface area contributed by atoms with Crippen LogP contribution in [0.1, 0.15) is 21.9 Å². The fourth-order valence-corrected chi connectivity index (χ4v) is 4.66. The zero-order valence-electron chi connectivity index (χ0n) is 17.7. The lowest BCUT2D eigenvalue weighted by molar-refractivity contribution is -0.191. The maximum Gasteiger partial charge on any atom is 0.267 e. The molecule has 6 heterocycles. The molecule has 2 fully saturated rings. The number of hydrogen-bond acceptors (Lipinski definition) is 6. The Labute approximate surface area is 184 Å². The zero-order chi connectivity index (χ0) is 21.9. The summed E-state index contributed by atoms with van der Waals surface area (Å²) in [5.41, 5.74) is 10.4. The number of carbonyl (C=O) groups is 1. The molecule has 2 aliphatic rings. The highest BCUT2D eigenvalue weighted by Crippen LogP contribution is 2.38. The molecule has 0 saturated carbocycles. The van der Waals surface area contributed by atoms with Gasteiger partial charge in [-0.2, -0.15) is 0 Å². The van der Waals surface area contributed by atoms with Gasteiger partial charge in [-0.25, -0.2) is 15.0 Å². The second-order valence-corrected chi connectivity index (χ2v) is 8.85. The molecule has 162 valence electrons. The van der Waals surface area contributed by atoms with Gasteiger partial charge in [0.15, 0.2) is 5.82 Å². The lowest BCUT2D eigenvalue weighted by Gasteiger charge is -2.55. The first-order chi connectivity index (χ1) is 15.5. The minimum Gasteiger partial charge on any atom is -0.380 e. The van der Waals surface area contributed by atoms with E-state index in [0.29, 0.717) is 16.8 Å². The van der Waals surface area contributed by atoms with Gasteiger partial charge in [-0.1, -0.05) is 6.07 Å². The van der Waals surface area contributed by atoms with Gasteiger partial charge in [-0.3, -0.25) is 18.7 Å². The SMILES string of the molecule is Cc1cccc(-c2nc(CN3CC4(COC4)C3)cn2-c2ccc3ncc(C(N)=O)n3c2)n1. The van der Waals surface area contributed by atoms with E-state index in [0.717, 1.165) is 61.4 Å². The van der Waals surface area contributed by atoms with Crippen molar-refractivity contribution in [1.29, 1.82) is 0 Å². The van der Waals surface area contributed by atoms with Gasteiger partial charge >= 0.3 is 0 Å². The minimum atomic E-state index is -0.520. The smallest absolute Gasteiger partial charge is 0.267 e. The summed E-state index contributed by atoms with van der Waals surface area (Å²) >= 11 is 0. The van der Waals surface area contributed by atoms with Crippen molar-refractivity contribution < 1.29 is 9.53 Å². The molecular weight excluding hydrogens is 406 g/mol. The van der Waals surface area contributed by atoms with Crippen LogP contribution in [-0.2, 0) is 11.3 Å². The summed E-state index contributed by atoms with van der Waals surface area (Å²) in [7, 11) is 0. The normalized spacial score (nSPS) is 17.4. The van der Waals surface area contributed by atoms with Gasteiger partial charge in [0, 0.05) is 43.1 Å². The summed E-state index contributed by atoms with van der Waals surface area (Å²) in [6, 6.07) is 9.74. The Bertz CT molecular complexity index is 1340. The van der Waals surface area contributed by atoms with E-state index in [2.05, 4.69) is 9.88 Å². The van der Waals surface area contributed by atoms with Gasteiger partial charge in [0.2, 0.25) is 0 Å². The van der Waals surface area contributed by atoms with Gasteiger partial charge in [0.1, 0.15) is 17.0 Å². The summed E-state index contributed by atoms with van der Waals surface area (Å²) in [4.78, 5) is 28.1. The summed E-state index contributed by atoms with van der Waals surface area (Å²) in [5, 5.41) is 0. The Hall–Kier alpha value is -3.56. The van der Waals surface area contributed by atoms with E-state index in [-0.39, 0.29) is 0 Å². The Balaban J connectivity index is 1.41. The maximum absolute atomic E-state index is 11.8. The number of aromatic nitrogens is 5. The number of likely N-dealkylation sites (tertiary alicyclic amines) is 1. The summed E-state index contributed by atoms with van der Waals surface area (Å²) in [6.45, 7) is 6.55. The van der Waals surface area contributed by atoms with Crippen LogP contribution in [0.15, 0.2) is 48.9 Å². The molecule has 0 atom stereocenters. The van der Waals surface area contributed by atoms with Crippen LogP contribution in [0, 0.1) is 12.3 Å².